The molecule has 0 unspecified atom stereocenters. The number of nitrogen functional groups attached to an aromatic ring is 2. The van der Waals surface area contributed by atoms with Crippen molar-refractivity contribution in [3.8, 4) is 23.3 Å². The Hall–Kier alpha value is -5.61. The smallest absolute Gasteiger partial charge is 0.423 e. The Morgan fingerprint density at radius 1 is 0.780 bits per heavy atom. The van der Waals surface area contributed by atoms with Crippen LogP contribution in [-0.2, 0) is 0 Å². The zero-order valence-electron chi connectivity index (χ0n) is 20.2. The first-order valence-electron chi connectivity index (χ1n) is 10.8. The number of anilines is 2. The summed E-state index contributed by atoms with van der Waals surface area (Å²) >= 11 is 5.46. The van der Waals surface area contributed by atoms with E-state index in [1.54, 1.807) is 24.3 Å². The summed E-state index contributed by atoms with van der Waals surface area (Å²) in [4.78, 5) is 27.2. The number of nitrogens with two attached hydrogens (primary N) is 2. The lowest BCUT2D eigenvalue weighted by atomic mass is 9.80. The third-order valence-corrected chi connectivity index (χ3v) is 5.19. The molecular weight excluding hydrogens is 555 g/mol. The fourth-order valence-corrected chi connectivity index (χ4v) is 3.20. The predicted octanol–water partition coefficient (Wildman–Crippen LogP) is 3.21. The van der Waals surface area contributed by atoms with Gasteiger partial charge in [-0.2, -0.15) is 10.5 Å². The maximum Gasteiger partial charge on any atom is 0.488 e. The van der Waals surface area contributed by atoms with Crippen molar-refractivity contribution in [1.82, 2.24) is 9.97 Å². The van der Waals surface area contributed by atoms with Crippen LogP contribution in [-0.4, -0.2) is 37.0 Å². The van der Waals surface area contributed by atoms with E-state index in [1.807, 2.05) is 12.1 Å². The summed E-state index contributed by atoms with van der Waals surface area (Å²) in [6.45, 7) is 0. The lowest BCUT2D eigenvalue weighted by Crippen LogP contribution is -2.29. The van der Waals surface area contributed by atoms with E-state index in [4.69, 9.17) is 43.6 Å². The average molecular weight is 577 g/mol. The molecule has 208 valence electrons. The molecule has 0 aliphatic heterocycles. The van der Waals surface area contributed by atoms with Crippen LogP contribution in [0.25, 0.3) is 11.1 Å². The Morgan fingerprint density at radius 3 is 1.61 bits per heavy atom. The minimum absolute atomic E-state index is 0. The van der Waals surface area contributed by atoms with Gasteiger partial charge >= 0.3 is 18.5 Å². The van der Waals surface area contributed by atoms with Crippen LogP contribution in [0.15, 0.2) is 73.1 Å². The van der Waals surface area contributed by atoms with Gasteiger partial charge in [0, 0.05) is 12.4 Å². The van der Waals surface area contributed by atoms with Crippen LogP contribution in [0.1, 0.15) is 18.6 Å². The number of hydrogen-bond acceptors (Lipinski definition) is 12. The third kappa shape index (κ3) is 9.27. The summed E-state index contributed by atoms with van der Waals surface area (Å²) in [5, 5.41) is 55.6. The number of halogens is 1. The molecule has 0 fully saturated rings. The first kappa shape index (κ1) is 33.4. The van der Waals surface area contributed by atoms with Crippen molar-refractivity contribution in [2.24, 2.45) is 0 Å². The van der Waals surface area contributed by atoms with Gasteiger partial charge in [0.2, 0.25) is 11.6 Å². The molecule has 0 amide bonds. The Labute approximate surface area is 239 Å². The summed E-state index contributed by atoms with van der Waals surface area (Å²) in [6, 6.07) is 19.3. The zero-order valence-corrected chi connectivity index (χ0v) is 21.0. The van der Waals surface area contributed by atoms with Gasteiger partial charge in [0.1, 0.15) is 5.02 Å². The molecular formula is C25H22BClN8O6. The molecule has 6 N–H and O–H groups in total. The van der Waals surface area contributed by atoms with Crippen LogP contribution in [0.2, 0.25) is 5.02 Å². The van der Waals surface area contributed by atoms with E-state index in [2.05, 4.69) is 9.97 Å². The van der Waals surface area contributed by atoms with Crippen molar-refractivity contribution in [2.75, 3.05) is 11.5 Å². The SMILES string of the molecule is C.N#Cc1ccc(-c2ccnc(N)c2[N+](=O)[O-])cc1.N#Cc1ccc(B(O)O)cc1.Nc1nccc(Cl)c1[N+](=O)[O-]. The molecule has 0 aliphatic carbocycles. The Kier molecular flexibility index (Phi) is 12.8. The number of nitriles is 2. The number of benzene rings is 2. The van der Waals surface area contributed by atoms with Crippen LogP contribution in [0, 0.1) is 42.9 Å². The van der Waals surface area contributed by atoms with Crippen molar-refractivity contribution < 1.29 is 19.9 Å². The van der Waals surface area contributed by atoms with Gasteiger partial charge in [-0.05, 0) is 47.4 Å². The van der Waals surface area contributed by atoms with Gasteiger partial charge in [-0.15, -0.1) is 0 Å². The number of nitro groups is 2. The van der Waals surface area contributed by atoms with Crippen LogP contribution in [0.4, 0.5) is 23.0 Å². The number of pyridine rings is 2. The zero-order chi connectivity index (χ0) is 29.8. The minimum atomic E-state index is -1.46. The summed E-state index contributed by atoms with van der Waals surface area (Å²) < 4.78 is 0. The molecule has 0 aliphatic rings. The highest BCUT2D eigenvalue weighted by Crippen LogP contribution is 2.33. The monoisotopic (exact) mass is 576 g/mol. The van der Waals surface area contributed by atoms with E-state index in [0.29, 0.717) is 27.7 Å². The second kappa shape index (κ2) is 15.7. The molecule has 2 aromatic heterocycles. The molecule has 4 rings (SSSR count). The predicted molar refractivity (Wildman–Crippen MR) is 153 cm³/mol. The molecule has 14 nitrogen and oxygen atoms in total. The average Bonchev–Trinajstić information content (AvgIpc) is 2.93. The fourth-order valence-electron chi connectivity index (χ4n) is 2.98. The summed E-state index contributed by atoms with van der Waals surface area (Å²) in [7, 11) is -1.46. The number of rotatable bonds is 4. The molecule has 0 saturated carbocycles. The van der Waals surface area contributed by atoms with E-state index in [-0.39, 0.29) is 35.5 Å². The Balaban J connectivity index is 0.000000320. The molecule has 0 radical (unpaired) electrons. The van der Waals surface area contributed by atoms with E-state index in [1.165, 1.54) is 48.8 Å². The topological polar surface area (TPSA) is 252 Å². The highest BCUT2D eigenvalue weighted by molar-refractivity contribution is 6.58. The molecule has 0 saturated heterocycles. The standard InChI is InChI=1S/C12H8N4O2.C7H6BNO2.C5H4ClN3O2.CH4/c13-7-8-1-3-9(4-2-8)10-5-6-15-12(14)11(10)16(17)18;9-5-6-1-3-7(4-2-6)8(10)11;6-3-1-2-8-5(7)4(3)9(10)11;/h1-6H,(H2,14,15);1-4,10-11H;1-2H,(H2,7,8);1H4. The van der Waals surface area contributed by atoms with Crippen molar-refractivity contribution in [3.05, 3.63) is 109 Å². The second-order valence-electron chi connectivity index (χ2n) is 7.43. The summed E-state index contributed by atoms with van der Waals surface area (Å²) in [5.74, 6) is -0.288. The third-order valence-electron chi connectivity index (χ3n) is 4.88. The summed E-state index contributed by atoms with van der Waals surface area (Å²) in [5.41, 5.74) is 12.5. The lowest BCUT2D eigenvalue weighted by Gasteiger charge is -2.04. The van der Waals surface area contributed by atoms with Crippen molar-refractivity contribution in [1.29, 1.82) is 10.5 Å². The summed E-state index contributed by atoms with van der Waals surface area (Å²) in [6.07, 6.45) is 2.72. The first-order valence-corrected chi connectivity index (χ1v) is 11.2. The van der Waals surface area contributed by atoms with E-state index < -0.39 is 17.0 Å². The molecule has 0 atom stereocenters. The molecule has 2 aromatic carbocycles. The maximum absolute atomic E-state index is 11.0. The van der Waals surface area contributed by atoms with Crippen LogP contribution in [0.5, 0.6) is 0 Å². The maximum atomic E-state index is 11.0. The number of aromatic nitrogens is 2. The van der Waals surface area contributed by atoms with E-state index >= 15 is 0 Å². The Bertz CT molecular complexity index is 1570. The van der Waals surface area contributed by atoms with Gasteiger partial charge in [0.15, 0.2) is 0 Å². The van der Waals surface area contributed by atoms with Gasteiger partial charge in [0.25, 0.3) is 0 Å². The van der Waals surface area contributed by atoms with Crippen LogP contribution in [0.3, 0.4) is 0 Å². The number of nitrogens with zero attached hydrogens (tertiary/aromatic N) is 6. The van der Waals surface area contributed by atoms with Gasteiger partial charge in [0.05, 0.1) is 38.7 Å². The van der Waals surface area contributed by atoms with Crippen LogP contribution < -0.4 is 16.9 Å². The van der Waals surface area contributed by atoms with E-state index in [9.17, 15) is 20.2 Å². The van der Waals surface area contributed by atoms with Crippen molar-refractivity contribution in [3.63, 3.8) is 0 Å². The minimum Gasteiger partial charge on any atom is -0.423 e. The molecule has 16 heteroatoms. The highest BCUT2D eigenvalue weighted by Gasteiger charge is 2.20. The molecule has 4 aromatic rings. The second-order valence-corrected chi connectivity index (χ2v) is 7.84. The van der Waals surface area contributed by atoms with Crippen molar-refractivity contribution in [2.45, 2.75) is 7.43 Å². The van der Waals surface area contributed by atoms with Gasteiger partial charge in [-0.25, -0.2) is 9.97 Å². The Morgan fingerprint density at radius 2 is 1.22 bits per heavy atom. The fraction of sp³-hybridized carbons (Fsp3) is 0.0400. The van der Waals surface area contributed by atoms with Gasteiger partial charge in [-0.1, -0.05) is 43.3 Å². The normalized spacial score (nSPS) is 9.20. The molecule has 0 bridgehead atoms. The van der Waals surface area contributed by atoms with Crippen molar-refractivity contribution >= 4 is 47.2 Å². The largest absolute Gasteiger partial charge is 0.488 e. The van der Waals surface area contributed by atoms with E-state index in [0.717, 1.165) is 0 Å². The van der Waals surface area contributed by atoms with Crippen LogP contribution >= 0.6 is 11.6 Å². The molecule has 41 heavy (non-hydrogen) atoms. The number of hydrogen-bond donors (Lipinski definition) is 4. The molecule has 0 spiro atoms. The van der Waals surface area contributed by atoms with Gasteiger partial charge < -0.3 is 21.5 Å². The first-order chi connectivity index (χ1) is 19.0. The molecule has 2 heterocycles. The highest BCUT2D eigenvalue weighted by atomic mass is 35.5. The lowest BCUT2D eigenvalue weighted by molar-refractivity contribution is -0.384. The van der Waals surface area contributed by atoms with Gasteiger partial charge in [-0.3, -0.25) is 20.2 Å². The quantitative estimate of drug-likeness (QED) is 0.155.